The predicted molar refractivity (Wildman–Crippen MR) is 112 cm³/mol. The van der Waals surface area contributed by atoms with Crippen LogP contribution in [0.15, 0.2) is 53.5 Å². The molecule has 2 heterocycles. The van der Waals surface area contributed by atoms with Crippen LogP contribution in [0.25, 0.3) is 10.8 Å². The van der Waals surface area contributed by atoms with Crippen LogP contribution in [0, 0.1) is 0 Å². The van der Waals surface area contributed by atoms with E-state index >= 15 is 0 Å². The van der Waals surface area contributed by atoms with Gasteiger partial charge in [0.15, 0.2) is 0 Å². The molecular formula is C21H21ClN4O2. The Morgan fingerprint density at radius 3 is 2.64 bits per heavy atom. The molecule has 1 saturated heterocycles. The predicted octanol–water partition coefficient (Wildman–Crippen LogP) is 3.68. The van der Waals surface area contributed by atoms with E-state index < -0.39 is 5.56 Å². The lowest BCUT2D eigenvalue weighted by molar-refractivity contribution is -0.117. The molecule has 0 atom stereocenters. The number of rotatable bonds is 4. The number of amides is 1. The van der Waals surface area contributed by atoms with E-state index in [1.165, 1.54) is 6.42 Å². The van der Waals surface area contributed by atoms with Gasteiger partial charge < -0.3 is 10.2 Å². The van der Waals surface area contributed by atoms with Crippen LogP contribution in [0.4, 0.5) is 11.4 Å². The Labute approximate surface area is 167 Å². The van der Waals surface area contributed by atoms with Gasteiger partial charge in [-0.3, -0.25) is 9.59 Å². The third-order valence-corrected chi connectivity index (χ3v) is 5.38. The lowest BCUT2D eigenvalue weighted by atomic mass is 10.1. The summed E-state index contributed by atoms with van der Waals surface area (Å²) in [5, 5.41) is 9.14. The molecule has 2 aromatic carbocycles. The maximum Gasteiger partial charge on any atom is 0.288 e. The molecule has 1 aliphatic heterocycles. The van der Waals surface area contributed by atoms with E-state index in [9.17, 15) is 9.59 Å². The van der Waals surface area contributed by atoms with E-state index in [1.54, 1.807) is 6.20 Å². The fraction of sp³-hybridized carbons (Fsp3) is 0.286. The van der Waals surface area contributed by atoms with E-state index in [4.69, 9.17) is 11.6 Å². The Morgan fingerprint density at radius 1 is 1.07 bits per heavy atom. The van der Waals surface area contributed by atoms with E-state index in [0.29, 0.717) is 11.4 Å². The summed E-state index contributed by atoms with van der Waals surface area (Å²) >= 11 is 6.31. The highest BCUT2D eigenvalue weighted by molar-refractivity contribution is 6.33. The number of carbonyl (C=O) groups is 1. The van der Waals surface area contributed by atoms with E-state index in [-0.39, 0.29) is 17.5 Å². The zero-order valence-corrected chi connectivity index (χ0v) is 16.2. The van der Waals surface area contributed by atoms with Gasteiger partial charge in [0.25, 0.3) is 5.56 Å². The van der Waals surface area contributed by atoms with Gasteiger partial charge in [-0.05, 0) is 30.7 Å². The van der Waals surface area contributed by atoms with Gasteiger partial charge in [0.1, 0.15) is 11.6 Å². The summed E-state index contributed by atoms with van der Waals surface area (Å²) in [7, 11) is 0. The molecule has 1 amide bonds. The van der Waals surface area contributed by atoms with Crippen molar-refractivity contribution in [2.75, 3.05) is 23.3 Å². The zero-order valence-electron chi connectivity index (χ0n) is 15.4. The van der Waals surface area contributed by atoms with Crippen LogP contribution in [0.5, 0.6) is 0 Å². The minimum atomic E-state index is -0.446. The number of hydrogen-bond donors (Lipinski definition) is 1. The van der Waals surface area contributed by atoms with Crippen LogP contribution >= 0.6 is 11.6 Å². The minimum absolute atomic E-state index is 0.120. The highest BCUT2D eigenvalue weighted by Crippen LogP contribution is 2.25. The Bertz CT molecular complexity index is 1070. The third-order valence-electron chi connectivity index (χ3n) is 5.02. The number of hydrogen-bond acceptors (Lipinski definition) is 4. The number of carbonyl (C=O) groups excluding carboxylic acids is 1. The standard InChI is InChI=1S/C21H21ClN4O2/c22-20-18(25-11-4-1-5-12-25)13-23-26(21(20)28)14-19(27)24-17-10-6-8-15-7-2-3-9-16(15)17/h2-3,6-10,13H,1,4-5,11-12,14H2,(H,24,27). The molecule has 0 spiro atoms. The lowest BCUT2D eigenvalue weighted by Crippen LogP contribution is -2.34. The Balaban J connectivity index is 1.53. The van der Waals surface area contributed by atoms with Gasteiger partial charge in [-0.2, -0.15) is 5.10 Å². The molecule has 1 N–H and O–H groups in total. The average Bonchev–Trinajstić information content (AvgIpc) is 2.72. The van der Waals surface area contributed by atoms with Crippen molar-refractivity contribution in [2.45, 2.75) is 25.8 Å². The summed E-state index contributed by atoms with van der Waals surface area (Å²) in [4.78, 5) is 27.2. The second-order valence-corrected chi connectivity index (χ2v) is 7.31. The van der Waals surface area contributed by atoms with Gasteiger partial charge in [0.2, 0.25) is 5.91 Å². The second-order valence-electron chi connectivity index (χ2n) is 6.93. The lowest BCUT2D eigenvalue weighted by Gasteiger charge is -2.29. The normalized spacial score (nSPS) is 14.2. The molecule has 0 unspecified atom stereocenters. The molecule has 0 saturated carbocycles. The molecule has 7 heteroatoms. The van der Waals surface area contributed by atoms with Gasteiger partial charge in [0, 0.05) is 24.2 Å². The van der Waals surface area contributed by atoms with Gasteiger partial charge in [-0.25, -0.2) is 4.68 Å². The molecule has 0 bridgehead atoms. The van der Waals surface area contributed by atoms with Crippen molar-refractivity contribution < 1.29 is 4.79 Å². The molecule has 1 aliphatic rings. The number of halogens is 1. The van der Waals surface area contributed by atoms with Crippen molar-refractivity contribution >= 4 is 39.7 Å². The van der Waals surface area contributed by atoms with Crippen molar-refractivity contribution in [3.05, 3.63) is 64.0 Å². The van der Waals surface area contributed by atoms with E-state index in [0.717, 1.165) is 41.4 Å². The molecule has 4 rings (SSSR count). The fourth-order valence-electron chi connectivity index (χ4n) is 3.58. The molecule has 0 aliphatic carbocycles. The highest BCUT2D eigenvalue weighted by atomic mass is 35.5. The smallest absolute Gasteiger partial charge is 0.288 e. The van der Waals surface area contributed by atoms with Crippen LogP contribution in [-0.2, 0) is 11.3 Å². The zero-order chi connectivity index (χ0) is 19.5. The van der Waals surface area contributed by atoms with Crippen molar-refractivity contribution in [1.82, 2.24) is 9.78 Å². The summed E-state index contributed by atoms with van der Waals surface area (Å²) in [5.41, 5.74) is 0.905. The first-order chi connectivity index (χ1) is 13.6. The van der Waals surface area contributed by atoms with Crippen molar-refractivity contribution in [1.29, 1.82) is 0 Å². The minimum Gasteiger partial charge on any atom is -0.369 e. The maximum absolute atomic E-state index is 12.6. The van der Waals surface area contributed by atoms with Gasteiger partial charge >= 0.3 is 0 Å². The van der Waals surface area contributed by atoms with Crippen molar-refractivity contribution in [2.24, 2.45) is 0 Å². The van der Waals surface area contributed by atoms with Crippen LogP contribution in [-0.4, -0.2) is 28.8 Å². The average molecular weight is 397 g/mol. The molecule has 1 fully saturated rings. The Morgan fingerprint density at radius 2 is 1.82 bits per heavy atom. The highest BCUT2D eigenvalue weighted by Gasteiger charge is 2.18. The monoisotopic (exact) mass is 396 g/mol. The number of nitrogens with zero attached hydrogens (tertiary/aromatic N) is 3. The van der Waals surface area contributed by atoms with E-state index in [2.05, 4.69) is 15.3 Å². The van der Waals surface area contributed by atoms with E-state index in [1.807, 2.05) is 42.5 Å². The SMILES string of the molecule is O=C(Cn1ncc(N2CCCCC2)c(Cl)c1=O)Nc1cccc2ccccc12. The first kappa shape index (κ1) is 18.5. The molecule has 28 heavy (non-hydrogen) atoms. The molecule has 6 nitrogen and oxygen atoms in total. The van der Waals surface area contributed by atoms with Crippen LogP contribution in [0.3, 0.4) is 0 Å². The molecule has 3 aromatic rings. The van der Waals surface area contributed by atoms with Gasteiger partial charge in [-0.1, -0.05) is 48.0 Å². The quantitative estimate of drug-likeness (QED) is 0.730. The topological polar surface area (TPSA) is 67.2 Å². The first-order valence-corrected chi connectivity index (χ1v) is 9.79. The second kappa shape index (κ2) is 8.02. The van der Waals surface area contributed by atoms with Gasteiger partial charge in [-0.15, -0.1) is 0 Å². The number of benzene rings is 2. The first-order valence-electron chi connectivity index (χ1n) is 9.41. The third kappa shape index (κ3) is 3.73. The summed E-state index contributed by atoms with van der Waals surface area (Å²) in [5.74, 6) is -0.326. The Hall–Kier alpha value is -2.86. The molecule has 0 radical (unpaired) electrons. The van der Waals surface area contributed by atoms with Gasteiger partial charge in [0.05, 0.1) is 11.9 Å². The van der Waals surface area contributed by atoms with Crippen LogP contribution in [0.2, 0.25) is 5.02 Å². The largest absolute Gasteiger partial charge is 0.369 e. The summed E-state index contributed by atoms with van der Waals surface area (Å²) in [6.07, 6.45) is 4.92. The number of aromatic nitrogens is 2. The number of anilines is 2. The molecule has 1 aromatic heterocycles. The van der Waals surface area contributed by atoms with Crippen LogP contribution in [0.1, 0.15) is 19.3 Å². The number of piperidine rings is 1. The molecule has 144 valence electrons. The summed E-state index contributed by atoms with van der Waals surface area (Å²) in [6, 6.07) is 13.5. The summed E-state index contributed by atoms with van der Waals surface area (Å²) in [6.45, 7) is 1.54. The molecular weight excluding hydrogens is 376 g/mol. The Kier molecular flexibility index (Phi) is 5.30. The number of nitrogens with one attached hydrogen (secondary N) is 1. The van der Waals surface area contributed by atoms with Crippen LogP contribution < -0.4 is 15.8 Å². The van der Waals surface area contributed by atoms with Crippen molar-refractivity contribution in [3.63, 3.8) is 0 Å². The maximum atomic E-state index is 12.6. The summed E-state index contributed by atoms with van der Waals surface area (Å²) < 4.78 is 1.11. The fourth-order valence-corrected chi connectivity index (χ4v) is 3.85. The number of fused-ring (bicyclic) bond motifs is 1. The van der Waals surface area contributed by atoms with Crippen molar-refractivity contribution in [3.8, 4) is 0 Å².